The Balaban J connectivity index is 1.33. The number of rotatable bonds is 5. The summed E-state index contributed by atoms with van der Waals surface area (Å²) in [4.78, 5) is 24.1. The normalized spacial score (nSPS) is 14.2. The molecule has 2 aromatic carbocycles. The van der Waals surface area contributed by atoms with Gasteiger partial charge in [0.15, 0.2) is 0 Å². The van der Waals surface area contributed by atoms with Crippen molar-refractivity contribution in [2.75, 3.05) is 41.1 Å². The Hall–Kier alpha value is -3.37. The molecule has 0 unspecified atom stereocenters. The predicted octanol–water partition coefficient (Wildman–Crippen LogP) is 3.28. The fraction of sp³-hybridized carbons (Fsp3) is 0.190. The van der Waals surface area contributed by atoms with Crippen LogP contribution in [0.3, 0.4) is 0 Å². The Morgan fingerprint density at radius 1 is 0.938 bits per heavy atom. The van der Waals surface area contributed by atoms with Crippen molar-refractivity contribution in [2.45, 2.75) is 4.90 Å². The highest BCUT2D eigenvalue weighted by molar-refractivity contribution is 7.92. The van der Waals surface area contributed by atoms with Crippen LogP contribution in [0.4, 0.5) is 22.0 Å². The first-order valence-corrected chi connectivity index (χ1v) is 11.7. The number of nitrogens with one attached hydrogen (secondary N) is 2. The maximum Gasteiger partial charge on any atom is 0.321 e. The summed E-state index contributed by atoms with van der Waals surface area (Å²) in [6, 6.07) is 14.9. The van der Waals surface area contributed by atoms with E-state index in [4.69, 9.17) is 11.6 Å². The van der Waals surface area contributed by atoms with E-state index in [1.165, 1.54) is 18.6 Å². The van der Waals surface area contributed by atoms with Gasteiger partial charge in [0.2, 0.25) is 0 Å². The van der Waals surface area contributed by atoms with Crippen molar-refractivity contribution >= 4 is 44.8 Å². The van der Waals surface area contributed by atoms with Crippen molar-refractivity contribution in [2.24, 2.45) is 0 Å². The molecule has 2 amide bonds. The lowest BCUT2D eigenvalue weighted by atomic mass is 10.2. The van der Waals surface area contributed by atoms with Gasteiger partial charge in [-0.2, -0.15) is 0 Å². The van der Waals surface area contributed by atoms with Gasteiger partial charge in [-0.15, -0.1) is 0 Å². The molecule has 1 fully saturated rings. The number of urea groups is 1. The number of benzene rings is 2. The summed E-state index contributed by atoms with van der Waals surface area (Å²) in [5.74, 6) is 0.206. The molecule has 11 heteroatoms. The number of sulfonamides is 1. The molecule has 0 spiro atoms. The molecule has 166 valence electrons. The van der Waals surface area contributed by atoms with Crippen LogP contribution in [0, 0.1) is 0 Å². The van der Waals surface area contributed by atoms with Crippen LogP contribution >= 0.6 is 11.6 Å². The summed E-state index contributed by atoms with van der Waals surface area (Å²) in [5, 5.41) is 3.48. The molecule has 1 aliphatic rings. The first-order valence-electron chi connectivity index (χ1n) is 9.86. The van der Waals surface area contributed by atoms with E-state index in [9.17, 15) is 13.2 Å². The maximum atomic E-state index is 12.5. The van der Waals surface area contributed by atoms with Crippen LogP contribution in [0.1, 0.15) is 0 Å². The van der Waals surface area contributed by atoms with E-state index >= 15 is 0 Å². The summed E-state index contributed by atoms with van der Waals surface area (Å²) in [6.45, 7) is 2.38. The van der Waals surface area contributed by atoms with E-state index in [1.54, 1.807) is 53.4 Å². The quantitative estimate of drug-likeness (QED) is 0.590. The number of hydrogen-bond acceptors (Lipinski definition) is 6. The van der Waals surface area contributed by atoms with E-state index in [1.807, 2.05) is 0 Å². The summed E-state index contributed by atoms with van der Waals surface area (Å²) in [7, 11) is -3.74. The van der Waals surface area contributed by atoms with Gasteiger partial charge in [-0.25, -0.2) is 23.2 Å². The minimum atomic E-state index is -3.74. The lowest BCUT2D eigenvalue weighted by Crippen LogP contribution is -2.50. The number of carbonyl (C=O) groups excluding carboxylic acids is 1. The van der Waals surface area contributed by atoms with Crippen molar-refractivity contribution < 1.29 is 13.2 Å². The standard InChI is InChI=1S/C21H21ClN6O3S/c22-16-1-3-17(4-2-16)25-21(29)28-13-11-27(12-14-28)18-5-7-19(8-6-18)32(30,31)26-20-9-10-23-15-24-20/h1-10,15H,11-14H2,(H,25,29)(H,23,24,26). The molecule has 1 aliphatic heterocycles. The molecule has 9 nitrogen and oxygen atoms in total. The van der Waals surface area contributed by atoms with Crippen molar-refractivity contribution in [3.05, 3.63) is 72.1 Å². The third-order valence-corrected chi connectivity index (χ3v) is 6.62. The SMILES string of the molecule is O=C(Nc1ccc(Cl)cc1)N1CCN(c2ccc(S(=O)(=O)Nc3ccncn3)cc2)CC1. The average Bonchev–Trinajstić information content (AvgIpc) is 2.81. The van der Waals surface area contributed by atoms with Gasteiger partial charge in [-0.3, -0.25) is 4.72 Å². The number of aromatic nitrogens is 2. The van der Waals surface area contributed by atoms with Gasteiger partial charge in [-0.1, -0.05) is 11.6 Å². The van der Waals surface area contributed by atoms with Crippen molar-refractivity contribution in [1.82, 2.24) is 14.9 Å². The number of halogens is 1. The van der Waals surface area contributed by atoms with E-state index in [2.05, 4.69) is 24.9 Å². The van der Waals surface area contributed by atoms with Gasteiger partial charge in [0.05, 0.1) is 4.90 Å². The van der Waals surface area contributed by atoms with Gasteiger partial charge >= 0.3 is 6.03 Å². The highest BCUT2D eigenvalue weighted by Crippen LogP contribution is 2.21. The molecular formula is C21H21ClN6O3S. The first-order chi connectivity index (χ1) is 15.4. The topological polar surface area (TPSA) is 108 Å². The molecule has 0 atom stereocenters. The van der Waals surface area contributed by atoms with Crippen LogP contribution in [0.15, 0.2) is 72.0 Å². The van der Waals surface area contributed by atoms with Crippen molar-refractivity contribution in [3.8, 4) is 0 Å². The van der Waals surface area contributed by atoms with E-state index in [0.29, 0.717) is 36.9 Å². The molecular weight excluding hydrogens is 452 g/mol. The molecule has 0 saturated carbocycles. The van der Waals surface area contributed by atoms with E-state index in [0.717, 1.165) is 5.69 Å². The minimum Gasteiger partial charge on any atom is -0.368 e. The largest absolute Gasteiger partial charge is 0.368 e. The Labute approximate surface area is 191 Å². The maximum absolute atomic E-state index is 12.5. The molecule has 2 N–H and O–H groups in total. The smallest absolute Gasteiger partial charge is 0.321 e. The highest BCUT2D eigenvalue weighted by atomic mass is 35.5. The number of piperazine rings is 1. The second kappa shape index (κ2) is 9.41. The summed E-state index contributed by atoms with van der Waals surface area (Å²) >= 11 is 5.87. The molecule has 3 aromatic rings. The first kappa shape index (κ1) is 21.8. The second-order valence-corrected chi connectivity index (χ2v) is 9.22. The Kier molecular flexibility index (Phi) is 6.42. The third-order valence-electron chi connectivity index (χ3n) is 5.00. The zero-order chi connectivity index (χ0) is 22.6. The molecule has 1 aromatic heterocycles. The van der Waals surface area contributed by atoms with Gasteiger partial charge in [-0.05, 0) is 54.6 Å². The van der Waals surface area contributed by atoms with Gasteiger partial charge in [0, 0.05) is 48.8 Å². The number of anilines is 3. The summed E-state index contributed by atoms with van der Waals surface area (Å²) in [6.07, 6.45) is 2.74. The molecule has 4 rings (SSSR count). The Morgan fingerprint density at radius 2 is 1.62 bits per heavy atom. The van der Waals surface area contributed by atoms with Crippen LogP contribution in [-0.2, 0) is 10.0 Å². The van der Waals surface area contributed by atoms with Crippen LogP contribution < -0.4 is 14.9 Å². The number of hydrogen-bond donors (Lipinski definition) is 2. The summed E-state index contributed by atoms with van der Waals surface area (Å²) in [5.41, 5.74) is 1.58. The fourth-order valence-corrected chi connectivity index (χ4v) is 4.42. The minimum absolute atomic E-state index is 0.140. The predicted molar refractivity (Wildman–Crippen MR) is 124 cm³/mol. The molecule has 2 heterocycles. The number of carbonyl (C=O) groups is 1. The van der Waals surface area contributed by atoms with E-state index in [-0.39, 0.29) is 16.7 Å². The van der Waals surface area contributed by atoms with Crippen molar-refractivity contribution in [3.63, 3.8) is 0 Å². The lowest BCUT2D eigenvalue weighted by Gasteiger charge is -2.36. The van der Waals surface area contributed by atoms with Crippen LogP contribution in [0.25, 0.3) is 0 Å². The second-order valence-electron chi connectivity index (χ2n) is 7.11. The average molecular weight is 473 g/mol. The van der Waals surface area contributed by atoms with Gasteiger partial charge in [0.1, 0.15) is 12.1 Å². The van der Waals surface area contributed by atoms with Gasteiger partial charge < -0.3 is 15.1 Å². The van der Waals surface area contributed by atoms with Crippen LogP contribution in [0.5, 0.6) is 0 Å². The molecule has 32 heavy (non-hydrogen) atoms. The molecule has 1 saturated heterocycles. The van der Waals surface area contributed by atoms with E-state index < -0.39 is 10.0 Å². The lowest BCUT2D eigenvalue weighted by molar-refractivity contribution is 0.208. The molecule has 0 radical (unpaired) electrons. The zero-order valence-corrected chi connectivity index (χ0v) is 18.6. The number of amides is 2. The van der Waals surface area contributed by atoms with Crippen LogP contribution in [-0.4, -0.2) is 55.5 Å². The molecule has 0 bridgehead atoms. The Morgan fingerprint density at radius 3 is 2.25 bits per heavy atom. The fourth-order valence-electron chi connectivity index (χ4n) is 3.29. The Bertz CT molecular complexity index is 1170. The third kappa shape index (κ3) is 5.27. The molecule has 0 aliphatic carbocycles. The monoisotopic (exact) mass is 472 g/mol. The number of nitrogens with zero attached hydrogens (tertiary/aromatic N) is 4. The zero-order valence-electron chi connectivity index (χ0n) is 17.0. The van der Waals surface area contributed by atoms with Crippen LogP contribution in [0.2, 0.25) is 5.02 Å². The summed E-state index contributed by atoms with van der Waals surface area (Å²) < 4.78 is 27.5. The van der Waals surface area contributed by atoms with Gasteiger partial charge in [0.25, 0.3) is 10.0 Å². The van der Waals surface area contributed by atoms with Crippen molar-refractivity contribution in [1.29, 1.82) is 0 Å². The highest BCUT2D eigenvalue weighted by Gasteiger charge is 2.22.